The van der Waals surface area contributed by atoms with Crippen molar-refractivity contribution in [3.05, 3.63) is 88.4 Å². The van der Waals surface area contributed by atoms with Gasteiger partial charge in [0, 0.05) is 37.4 Å². The fourth-order valence-corrected chi connectivity index (χ4v) is 4.75. The average molecular weight is 520 g/mol. The molecule has 3 aromatic carbocycles. The van der Waals surface area contributed by atoms with Crippen molar-refractivity contribution in [2.75, 3.05) is 43.0 Å². The molecular formula is C30H34ClN3O3. The van der Waals surface area contributed by atoms with E-state index in [2.05, 4.69) is 24.1 Å². The number of halogens is 1. The lowest BCUT2D eigenvalue weighted by Gasteiger charge is -2.36. The van der Waals surface area contributed by atoms with Gasteiger partial charge in [0.2, 0.25) is 0 Å². The van der Waals surface area contributed by atoms with Gasteiger partial charge in [0.25, 0.3) is 11.8 Å². The maximum Gasteiger partial charge on any atom is 0.262 e. The van der Waals surface area contributed by atoms with Gasteiger partial charge >= 0.3 is 0 Å². The van der Waals surface area contributed by atoms with Crippen molar-refractivity contribution in [2.45, 2.75) is 33.1 Å². The molecule has 37 heavy (non-hydrogen) atoms. The van der Waals surface area contributed by atoms with Crippen LogP contribution in [0.1, 0.15) is 47.7 Å². The van der Waals surface area contributed by atoms with Crippen LogP contribution in [0.4, 0.5) is 11.4 Å². The van der Waals surface area contributed by atoms with Crippen LogP contribution in [0.2, 0.25) is 5.02 Å². The summed E-state index contributed by atoms with van der Waals surface area (Å²) >= 11 is 6.58. The Bertz CT molecular complexity index is 1240. The zero-order valence-corrected chi connectivity index (χ0v) is 22.4. The molecule has 0 aromatic heterocycles. The van der Waals surface area contributed by atoms with E-state index in [1.165, 1.54) is 5.56 Å². The highest BCUT2D eigenvalue weighted by molar-refractivity contribution is 6.33. The number of hydrogen-bond donors (Lipinski definition) is 1. The van der Waals surface area contributed by atoms with E-state index in [1.54, 1.807) is 6.07 Å². The van der Waals surface area contributed by atoms with E-state index in [0.717, 1.165) is 23.2 Å². The molecule has 1 aliphatic rings. The largest absolute Gasteiger partial charge is 0.484 e. The lowest BCUT2D eigenvalue weighted by atomic mass is 9.99. The van der Waals surface area contributed by atoms with Crippen LogP contribution in [-0.2, 0) is 4.79 Å². The number of anilines is 2. The summed E-state index contributed by atoms with van der Waals surface area (Å²) in [5.74, 6) is 0.972. The normalized spacial score (nSPS) is 14.3. The van der Waals surface area contributed by atoms with Crippen LogP contribution in [0.3, 0.4) is 0 Å². The molecule has 1 heterocycles. The predicted octanol–water partition coefficient (Wildman–Crippen LogP) is 6.14. The standard InChI is InChI=1S/C30H34ClN3O3/c1-4-21(2)23-9-12-25(13-10-23)37-20-29(35)32-24-11-14-28(27(31)19-24)33-15-17-34(18-16-33)30(36)26-8-6-5-7-22(26)3/h5-14,19,21H,4,15-18,20H2,1-3H3,(H,32,35)/t21-/m0/s1. The average Bonchev–Trinajstić information content (AvgIpc) is 2.92. The first-order valence-corrected chi connectivity index (χ1v) is 13.2. The third kappa shape index (κ3) is 6.63. The second kappa shape index (κ2) is 12.2. The quantitative estimate of drug-likeness (QED) is 0.388. The van der Waals surface area contributed by atoms with Crippen LogP contribution in [0, 0.1) is 6.92 Å². The number of benzene rings is 3. The first kappa shape index (κ1) is 26.6. The van der Waals surface area contributed by atoms with Gasteiger partial charge in [-0.1, -0.05) is 55.8 Å². The summed E-state index contributed by atoms with van der Waals surface area (Å²) in [6.07, 6.45) is 1.08. The van der Waals surface area contributed by atoms with Gasteiger partial charge in [-0.3, -0.25) is 9.59 Å². The number of rotatable bonds is 8. The topological polar surface area (TPSA) is 61.9 Å². The van der Waals surface area contributed by atoms with E-state index in [0.29, 0.717) is 48.6 Å². The molecule has 1 atom stereocenters. The molecule has 1 N–H and O–H groups in total. The van der Waals surface area contributed by atoms with E-state index >= 15 is 0 Å². The van der Waals surface area contributed by atoms with Crippen molar-refractivity contribution >= 4 is 34.8 Å². The Labute approximate surface area is 224 Å². The second-order valence-electron chi connectivity index (χ2n) is 9.48. The Morgan fingerprint density at radius 3 is 2.35 bits per heavy atom. The van der Waals surface area contributed by atoms with Gasteiger partial charge in [-0.15, -0.1) is 0 Å². The summed E-state index contributed by atoms with van der Waals surface area (Å²) in [5, 5.41) is 3.40. The highest BCUT2D eigenvalue weighted by Gasteiger charge is 2.24. The number of ether oxygens (including phenoxy) is 1. The molecular weight excluding hydrogens is 486 g/mol. The molecule has 1 fully saturated rings. The van der Waals surface area contributed by atoms with Gasteiger partial charge in [0.05, 0.1) is 10.7 Å². The zero-order chi connectivity index (χ0) is 26.4. The third-order valence-corrected chi connectivity index (χ3v) is 7.25. The molecule has 0 aliphatic carbocycles. The first-order chi connectivity index (χ1) is 17.9. The van der Waals surface area contributed by atoms with Gasteiger partial charge in [-0.25, -0.2) is 0 Å². The first-order valence-electron chi connectivity index (χ1n) is 12.8. The molecule has 7 heteroatoms. The maximum atomic E-state index is 12.9. The van der Waals surface area contributed by atoms with Crippen LogP contribution in [0.25, 0.3) is 0 Å². The number of carbonyl (C=O) groups excluding carboxylic acids is 2. The van der Waals surface area contributed by atoms with Gasteiger partial charge in [0.1, 0.15) is 5.75 Å². The number of aryl methyl sites for hydroxylation is 1. The summed E-state index contributed by atoms with van der Waals surface area (Å²) in [7, 11) is 0. The summed E-state index contributed by atoms with van der Waals surface area (Å²) in [4.78, 5) is 29.4. The minimum atomic E-state index is -0.252. The SMILES string of the molecule is CC[C@H](C)c1ccc(OCC(=O)Nc2ccc(N3CCN(C(=O)c4ccccc4C)CC3)c(Cl)c2)cc1. The summed E-state index contributed by atoms with van der Waals surface area (Å²) in [5.41, 5.74) is 4.50. The monoisotopic (exact) mass is 519 g/mol. The van der Waals surface area contributed by atoms with Crippen LogP contribution in [-0.4, -0.2) is 49.5 Å². The van der Waals surface area contributed by atoms with Crippen molar-refractivity contribution in [1.29, 1.82) is 0 Å². The summed E-state index contributed by atoms with van der Waals surface area (Å²) in [6, 6.07) is 21.0. The Morgan fingerprint density at radius 2 is 1.70 bits per heavy atom. The zero-order valence-electron chi connectivity index (χ0n) is 21.7. The number of nitrogens with one attached hydrogen (secondary N) is 1. The Morgan fingerprint density at radius 1 is 1.00 bits per heavy atom. The Kier molecular flexibility index (Phi) is 8.72. The summed E-state index contributed by atoms with van der Waals surface area (Å²) < 4.78 is 5.64. The van der Waals surface area contributed by atoms with Gasteiger partial charge in [-0.05, 0) is 66.8 Å². The predicted molar refractivity (Wildman–Crippen MR) is 150 cm³/mol. The van der Waals surface area contributed by atoms with E-state index in [-0.39, 0.29) is 18.4 Å². The number of carbonyl (C=O) groups is 2. The van der Waals surface area contributed by atoms with Crippen LogP contribution in [0.5, 0.6) is 5.75 Å². The highest BCUT2D eigenvalue weighted by atomic mass is 35.5. The van der Waals surface area contributed by atoms with Gasteiger partial charge in [0.15, 0.2) is 6.61 Å². The van der Waals surface area contributed by atoms with Crippen LogP contribution in [0.15, 0.2) is 66.7 Å². The highest BCUT2D eigenvalue weighted by Crippen LogP contribution is 2.30. The molecule has 0 spiro atoms. The van der Waals surface area contributed by atoms with E-state index in [1.807, 2.05) is 72.5 Å². The van der Waals surface area contributed by atoms with E-state index in [4.69, 9.17) is 16.3 Å². The van der Waals surface area contributed by atoms with Crippen molar-refractivity contribution in [2.24, 2.45) is 0 Å². The van der Waals surface area contributed by atoms with Crippen LogP contribution >= 0.6 is 11.6 Å². The molecule has 3 aromatic rings. The number of piperazine rings is 1. The minimum Gasteiger partial charge on any atom is -0.484 e. The van der Waals surface area contributed by atoms with Crippen molar-refractivity contribution in [1.82, 2.24) is 4.90 Å². The fourth-order valence-electron chi connectivity index (χ4n) is 4.45. The molecule has 0 unspecified atom stereocenters. The van der Waals surface area contributed by atoms with Crippen molar-refractivity contribution < 1.29 is 14.3 Å². The molecule has 1 saturated heterocycles. The number of amides is 2. The smallest absolute Gasteiger partial charge is 0.262 e. The molecule has 0 saturated carbocycles. The molecule has 194 valence electrons. The lowest BCUT2D eigenvalue weighted by Crippen LogP contribution is -2.49. The van der Waals surface area contributed by atoms with Crippen molar-refractivity contribution in [3.63, 3.8) is 0 Å². The molecule has 4 rings (SSSR count). The molecule has 0 bridgehead atoms. The molecule has 0 radical (unpaired) electrons. The molecule has 6 nitrogen and oxygen atoms in total. The second-order valence-corrected chi connectivity index (χ2v) is 9.88. The third-order valence-electron chi connectivity index (χ3n) is 6.95. The van der Waals surface area contributed by atoms with Gasteiger partial charge in [-0.2, -0.15) is 0 Å². The lowest BCUT2D eigenvalue weighted by molar-refractivity contribution is -0.118. The Hall–Kier alpha value is -3.51. The number of hydrogen-bond acceptors (Lipinski definition) is 4. The fraction of sp³-hybridized carbons (Fsp3) is 0.333. The molecule has 2 amide bonds. The Balaban J connectivity index is 1.28. The minimum absolute atomic E-state index is 0.0654. The molecule has 1 aliphatic heterocycles. The number of nitrogens with zero attached hydrogens (tertiary/aromatic N) is 2. The van der Waals surface area contributed by atoms with Crippen LogP contribution < -0.4 is 15.0 Å². The van der Waals surface area contributed by atoms with E-state index in [9.17, 15) is 9.59 Å². The van der Waals surface area contributed by atoms with E-state index < -0.39 is 0 Å². The summed E-state index contributed by atoms with van der Waals surface area (Å²) in [6.45, 7) is 8.84. The van der Waals surface area contributed by atoms with Crippen molar-refractivity contribution in [3.8, 4) is 5.75 Å². The van der Waals surface area contributed by atoms with Gasteiger partial charge < -0.3 is 19.9 Å². The maximum absolute atomic E-state index is 12.9.